The first kappa shape index (κ1) is 31.7. The number of hydrogen-bond donors (Lipinski definition) is 0. The minimum atomic E-state index is -0.0914. The second kappa shape index (κ2) is 11.8. The zero-order chi connectivity index (χ0) is 36.8. The molecule has 0 saturated heterocycles. The third-order valence-electron chi connectivity index (χ3n) is 11.8. The number of fused-ring (bicyclic) bond motifs is 9. The summed E-state index contributed by atoms with van der Waals surface area (Å²) in [6.45, 7) is 6.85. The second-order valence-electron chi connectivity index (χ2n) is 15.5. The monoisotopic (exact) mass is 706 g/mol. The first-order chi connectivity index (χ1) is 26.9. The minimum absolute atomic E-state index is 0.0914. The first-order valence-electron chi connectivity index (χ1n) is 19.1. The molecule has 0 bridgehead atoms. The van der Waals surface area contributed by atoms with Gasteiger partial charge in [-0.3, -0.25) is 0 Å². The van der Waals surface area contributed by atoms with Crippen LogP contribution in [0.2, 0.25) is 0 Å². The smallest absolute Gasteiger partial charge is 0.135 e. The van der Waals surface area contributed by atoms with Gasteiger partial charge in [0.2, 0.25) is 0 Å². The molecule has 0 unspecified atom stereocenters. The Morgan fingerprint density at radius 1 is 0.455 bits per heavy atom. The maximum absolute atomic E-state index is 6.21. The van der Waals surface area contributed by atoms with E-state index in [0.29, 0.717) is 0 Å². The van der Waals surface area contributed by atoms with Crippen LogP contribution in [0.1, 0.15) is 30.5 Å². The van der Waals surface area contributed by atoms with Crippen molar-refractivity contribution in [2.24, 2.45) is 0 Å². The van der Waals surface area contributed by atoms with Crippen molar-refractivity contribution >= 4 is 60.8 Å². The molecule has 2 aromatic heterocycles. The lowest BCUT2D eigenvalue weighted by Crippen LogP contribution is -2.16. The van der Waals surface area contributed by atoms with E-state index in [9.17, 15) is 0 Å². The van der Waals surface area contributed by atoms with Crippen molar-refractivity contribution in [3.8, 4) is 27.9 Å². The van der Waals surface area contributed by atoms with Gasteiger partial charge in [-0.2, -0.15) is 0 Å². The summed E-state index contributed by atoms with van der Waals surface area (Å²) in [5.74, 6) is 0. The molecular formula is C52H38N2O. The van der Waals surface area contributed by atoms with E-state index >= 15 is 0 Å². The van der Waals surface area contributed by atoms with E-state index < -0.39 is 0 Å². The fourth-order valence-electron chi connectivity index (χ4n) is 9.08. The van der Waals surface area contributed by atoms with Crippen LogP contribution in [0.15, 0.2) is 180 Å². The topological polar surface area (TPSA) is 21.3 Å². The van der Waals surface area contributed by atoms with E-state index in [1.807, 2.05) is 12.1 Å². The van der Waals surface area contributed by atoms with Crippen molar-refractivity contribution < 1.29 is 4.42 Å². The number of benzene rings is 8. The summed E-state index contributed by atoms with van der Waals surface area (Å²) in [7, 11) is 0. The summed E-state index contributed by atoms with van der Waals surface area (Å²) in [5.41, 5.74) is 17.6. The highest BCUT2D eigenvalue weighted by Gasteiger charge is 2.35. The van der Waals surface area contributed by atoms with Crippen LogP contribution in [0.3, 0.4) is 0 Å². The van der Waals surface area contributed by atoms with Crippen LogP contribution in [-0.2, 0) is 5.41 Å². The maximum atomic E-state index is 6.21. The van der Waals surface area contributed by atoms with Gasteiger partial charge in [0.15, 0.2) is 0 Å². The number of aromatic nitrogens is 1. The maximum Gasteiger partial charge on any atom is 0.135 e. The molecule has 1 aliphatic rings. The van der Waals surface area contributed by atoms with Gasteiger partial charge in [0.1, 0.15) is 11.2 Å². The van der Waals surface area contributed by atoms with E-state index in [1.54, 1.807) is 0 Å². The quantitative estimate of drug-likeness (QED) is 0.178. The van der Waals surface area contributed by atoms with Gasteiger partial charge >= 0.3 is 0 Å². The molecule has 0 N–H and O–H groups in total. The predicted molar refractivity (Wildman–Crippen MR) is 230 cm³/mol. The van der Waals surface area contributed by atoms with E-state index in [0.717, 1.165) is 44.7 Å². The molecule has 0 radical (unpaired) electrons. The fraction of sp³-hybridized carbons (Fsp3) is 0.0769. The molecule has 0 fully saturated rings. The van der Waals surface area contributed by atoms with Gasteiger partial charge in [0.05, 0.1) is 11.0 Å². The molecule has 0 atom stereocenters. The molecular weight excluding hydrogens is 669 g/mol. The Morgan fingerprint density at radius 3 is 2.04 bits per heavy atom. The normalized spacial score (nSPS) is 13.1. The van der Waals surface area contributed by atoms with Crippen molar-refractivity contribution in [3.05, 3.63) is 193 Å². The van der Waals surface area contributed by atoms with Crippen LogP contribution < -0.4 is 4.90 Å². The largest absolute Gasteiger partial charge is 0.456 e. The molecule has 11 rings (SSSR count). The summed E-state index contributed by atoms with van der Waals surface area (Å²) in [6, 6.07) is 64.2. The molecule has 1 aliphatic carbocycles. The zero-order valence-corrected chi connectivity index (χ0v) is 31.0. The Bertz CT molecular complexity index is 3140. The van der Waals surface area contributed by atoms with Crippen LogP contribution in [0, 0.1) is 6.92 Å². The van der Waals surface area contributed by atoms with Gasteiger partial charge in [-0.05, 0) is 113 Å². The molecule has 10 aromatic rings. The lowest BCUT2D eigenvalue weighted by molar-refractivity contribution is 0.660. The van der Waals surface area contributed by atoms with Crippen LogP contribution in [0.25, 0.3) is 71.7 Å². The Kier molecular flexibility index (Phi) is 6.81. The van der Waals surface area contributed by atoms with Crippen molar-refractivity contribution in [2.45, 2.75) is 26.2 Å². The zero-order valence-electron chi connectivity index (χ0n) is 31.0. The van der Waals surface area contributed by atoms with Gasteiger partial charge in [-0.15, -0.1) is 0 Å². The summed E-state index contributed by atoms with van der Waals surface area (Å²) < 4.78 is 8.62. The van der Waals surface area contributed by atoms with Crippen LogP contribution in [0.4, 0.5) is 17.1 Å². The summed E-state index contributed by atoms with van der Waals surface area (Å²) in [6.07, 6.45) is 0. The van der Waals surface area contributed by atoms with Crippen molar-refractivity contribution in [3.63, 3.8) is 0 Å². The number of rotatable bonds is 5. The molecule has 0 spiro atoms. The molecule has 262 valence electrons. The summed E-state index contributed by atoms with van der Waals surface area (Å²) in [4.78, 5) is 2.41. The molecule has 0 aliphatic heterocycles. The van der Waals surface area contributed by atoms with Gasteiger partial charge in [-0.1, -0.05) is 123 Å². The Morgan fingerprint density at radius 2 is 1.15 bits per heavy atom. The van der Waals surface area contributed by atoms with E-state index in [2.05, 4.69) is 194 Å². The summed E-state index contributed by atoms with van der Waals surface area (Å²) >= 11 is 0. The predicted octanol–water partition coefficient (Wildman–Crippen LogP) is 14.4. The number of para-hydroxylation sites is 2. The molecule has 2 heterocycles. The first-order valence-corrected chi connectivity index (χ1v) is 19.1. The number of hydrogen-bond acceptors (Lipinski definition) is 2. The molecule has 0 amide bonds. The van der Waals surface area contributed by atoms with Crippen molar-refractivity contribution in [1.29, 1.82) is 0 Å². The molecule has 3 nitrogen and oxygen atoms in total. The molecule has 8 aromatic carbocycles. The van der Waals surface area contributed by atoms with E-state index in [4.69, 9.17) is 4.42 Å². The third kappa shape index (κ3) is 4.83. The molecule has 55 heavy (non-hydrogen) atoms. The number of aryl methyl sites for hydroxylation is 1. The van der Waals surface area contributed by atoms with Crippen LogP contribution in [0.5, 0.6) is 0 Å². The summed E-state index contributed by atoms with van der Waals surface area (Å²) in [5, 5.41) is 4.72. The van der Waals surface area contributed by atoms with Crippen LogP contribution in [-0.4, -0.2) is 4.57 Å². The number of furan rings is 1. The second-order valence-corrected chi connectivity index (χ2v) is 15.5. The van der Waals surface area contributed by atoms with Crippen LogP contribution >= 0.6 is 0 Å². The van der Waals surface area contributed by atoms with Gasteiger partial charge in [0.25, 0.3) is 0 Å². The van der Waals surface area contributed by atoms with Gasteiger partial charge in [0, 0.05) is 49.7 Å². The van der Waals surface area contributed by atoms with E-state index in [1.165, 1.54) is 60.8 Å². The van der Waals surface area contributed by atoms with Crippen molar-refractivity contribution in [1.82, 2.24) is 4.57 Å². The average molecular weight is 707 g/mol. The highest BCUT2D eigenvalue weighted by Crippen LogP contribution is 2.51. The van der Waals surface area contributed by atoms with Crippen molar-refractivity contribution in [2.75, 3.05) is 4.90 Å². The Hall–Kier alpha value is -6.84. The highest BCUT2D eigenvalue weighted by atomic mass is 16.3. The number of anilines is 3. The van der Waals surface area contributed by atoms with E-state index in [-0.39, 0.29) is 5.41 Å². The Labute approximate surface area is 320 Å². The molecule has 0 saturated carbocycles. The average Bonchev–Trinajstić information content (AvgIpc) is 3.84. The highest BCUT2D eigenvalue weighted by molar-refractivity contribution is 6.11. The standard InChI is InChI=1S/C52H38N2O/c1-33-19-22-36(23-20-33)53(39-24-27-41-40-13-4-7-16-46(40)52(2,3)47(41)32-39)37-12-10-11-34(29-37)35-21-26-43-42-14-5-8-17-48(42)54(49(43)30-35)38-25-28-51-45(31-38)44-15-6-9-18-50(44)55-51/h4-32H,1-3H3. The lowest BCUT2D eigenvalue weighted by atomic mass is 9.82. The van der Waals surface area contributed by atoms with Gasteiger partial charge in [-0.25, -0.2) is 0 Å². The molecule has 3 heteroatoms. The third-order valence-corrected chi connectivity index (χ3v) is 11.8. The Balaban J connectivity index is 1.07. The lowest BCUT2D eigenvalue weighted by Gasteiger charge is -2.28. The minimum Gasteiger partial charge on any atom is -0.456 e. The van der Waals surface area contributed by atoms with Gasteiger partial charge < -0.3 is 13.9 Å². The SMILES string of the molecule is Cc1ccc(N(c2cccc(-c3ccc4c5ccccc5n(-c5ccc6oc7ccccc7c6c5)c4c3)c2)c2ccc3c(c2)C(C)(C)c2ccccc2-3)cc1. The number of nitrogens with zero attached hydrogens (tertiary/aromatic N) is 2. The fourth-order valence-corrected chi connectivity index (χ4v) is 9.08.